The number of halogens is 2. The molecule has 3 aromatic rings. The number of benzene rings is 2. The zero-order chi connectivity index (χ0) is 20.3. The van der Waals surface area contributed by atoms with Gasteiger partial charge in [0.2, 0.25) is 0 Å². The van der Waals surface area contributed by atoms with Crippen molar-refractivity contribution in [2.24, 2.45) is 11.5 Å². The van der Waals surface area contributed by atoms with Gasteiger partial charge in [-0.15, -0.1) is 0 Å². The minimum Gasteiger partial charge on any atom is -0.364 e. The first-order valence-corrected chi connectivity index (χ1v) is 9.32. The second-order valence-electron chi connectivity index (χ2n) is 6.11. The summed E-state index contributed by atoms with van der Waals surface area (Å²) in [4.78, 5) is 11.9. The van der Waals surface area contributed by atoms with Gasteiger partial charge in [-0.1, -0.05) is 47.2 Å². The van der Waals surface area contributed by atoms with E-state index in [0.29, 0.717) is 34.3 Å². The van der Waals surface area contributed by atoms with Crippen molar-refractivity contribution in [2.75, 3.05) is 6.54 Å². The predicted octanol–water partition coefficient (Wildman–Crippen LogP) is 3.95. The number of carbonyl (C=O) groups is 1. The van der Waals surface area contributed by atoms with Gasteiger partial charge in [-0.25, -0.2) is 4.68 Å². The molecule has 0 aliphatic heterocycles. The largest absolute Gasteiger partial charge is 0.364 e. The first-order valence-electron chi connectivity index (χ1n) is 8.56. The highest BCUT2D eigenvalue weighted by Crippen LogP contribution is 2.32. The summed E-state index contributed by atoms with van der Waals surface area (Å²) in [5.74, 6) is 5.46. The van der Waals surface area contributed by atoms with Gasteiger partial charge in [0.05, 0.1) is 16.4 Å². The van der Waals surface area contributed by atoms with Crippen molar-refractivity contribution in [1.29, 1.82) is 0 Å². The van der Waals surface area contributed by atoms with Gasteiger partial charge in [-0.2, -0.15) is 5.10 Å². The smallest absolute Gasteiger partial charge is 0.269 e. The zero-order valence-corrected chi connectivity index (χ0v) is 16.7. The predicted molar refractivity (Wildman–Crippen MR) is 113 cm³/mol. The Bertz CT molecular complexity index is 1090. The highest BCUT2D eigenvalue weighted by atomic mass is 35.5. The molecule has 28 heavy (non-hydrogen) atoms. The van der Waals surface area contributed by atoms with Gasteiger partial charge in [0.25, 0.3) is 5.91 Å². The van der Waals surface area contributed by atoms with Crippen LogP contribution in [-0.2, 0) is 0 Å². The second-order valence-corrected chi connectivity index (χ2v) is 6.96. The molecule has 1 amide bonds. The average molecular weight is 413 g/mol. The molecule has 0 atom stereocenters. The Labute approximate surface area is 173 Å². The van der Waals surface area contributed by atoms with Crippen molar-refractivity contribution in [3.63, 3.8) is 0 Å². The van der Waals surface area contributed by atoms with Crippen LogP contribution in [0, 0.1) is 18.8 Å². The van der Waals surface area contributed by atoms with E-state index in [0.717, 1.165) is 16.8 Å². The number of carbonyl (C=O) groups excluding carboxylic acids is 1. The minimum atomic E-state index is -0.605. The lowest BCUT2D eigenvalue weighted by Gasteiger charge is -2.11. The highest BCUT2D eigenvalue weighted by Gasteiger charge is 2.21. The fraction of sp³-hybridized carbons (Fsp3) is 0.143. The molecule has 0 spiro atoms. The summed E-state index contributed by atoms with van der Waals surface area (Å²) < 4.78 is 1.61. The van der Waals surface area contributed by atoms with Gasteiger partial charge in [0, 0.05) is 34.7 Å². The lowest BCUT2D eigenvalue weighted by atomic mass is 10.0. The molecule has 1 heterocycles. The Hall–Kier alpha value is -2.78. The Kier molecular flexibility index (Phi) is 6.05. The first kappa shape index (κ1) is 20.0. The molecule has 3 rings (SSSR count). The van der Waals surface area contributed by atoms with Crippen molar-refractivity contribution in [3.05, 3.63) is 69.3 Å². The van der Waals surface area contributed by atoms with E-state index in [1.165, 1.54) is 0 Å². The highest BCUT2D eigenvalue weighted by molar-refractivity contribution is 6.35. The van der Waals surface area contributed by atoms with E-state index in [1.54, 1.807) is 29.8 Å². The molecule has 142 valence electrons. The van der Waals surface area contributed by atoms with Crippen molar-refractivity contribution < 1.29 is 4.79 Å². The number of nitrogens with zero attached hydrogens (tertiary/aromatic N) is 2. The fourth-order valence-electron chi connectivity index (χ4n) is 2.84. The molecular weight excluding hydrogens is 395 g/mol. The fourth-order valence-corrected chi connectivity index (χ4v) is 3.33. The molecule has 0 radical (unpaired) electrons. The first-order chi connectivity index (χ1) is 13.4. The summed E-state index contributed by atoms with van der Waals surface area (Å²) in [6.07, 6.45) is 0.644. The quantitative estimate of drug-likeness (QED) is 0.635. The maximum Gasteiger partial charge on any atom is 0.269 e. The van der Waals surface area contributed by atoms with Gasteiger partial charge in [0.1, 0.15) is 0 Å². The maximum absolute atomic E-state index is 11.9. The van der Waals surface area contributed by atoms with Crippen molar-refractivity contribution in [3.8, 4) is 28.8 Å². The van der Waals surface area contributed by atoms with E-state index < -0.39 is 5.91 Å². The van der Waals surface area contributed by atoms with Crippen LogP contribution in [0.2, 0.25) is 10.0 Å². The molecule has 2 aromatic carbocycles. The van der Waals surface area contributed by atoms with Crippen LogP contribution in [0.25, 0.3) is 16.9 Å². The molecule has 7 heteroatoms. The van der Waals surface area contributed by atoms with Crippen LogP contribution >= 0.6 is 23.2 Å². The summed E-state index contributed by atoms with van der Waals surface area (Å²) in [6.45, 7) is 2.33. The number of nitrogens with two attached hydrogens (primary N) is 2. The second kappa shape index (κ2) is 8.49. The Balaban J connectivity index is 2.15. The number of primary amides is 1. The molecule has 1 aromatic heterocycles. The number of hydrogen-bond acceptors (Lipinski definition) is 3. The number of hydrogen-bond donors (Lipinski definition) is 2. The molecule has 0 fully saturated rings. The van der Waals surface area contributed by atoms with Gasteiger partial charge in [0.15, 0.2) is 5.69 Å². The van der Waals surface area contributed by atoms with E-state index >= 15 is 0 Å². The standard InChI is InChI=1S/C21H18Cl2N4O/c1-13-19(21(25)28)26-27(18-10-9-16(22)12-17(18)23)20(13)15-7-5-14(6-8-15)4-2-3-11-24/h5-10,12H,3,11,24H2,1H3,(H2,25,28). The molecule has 0 aliphatic carbocycles. The molecular formula is C21H18Cl2N4O. The summed E-state index contributed by atoms with van der Waals surface area (Å²) >= 11 is 12.4. The number of rotatable bonds is 4. The van der Waals surface area contributed by atoms with Gasteiger partial charge >= 0.3 is 0 Å². The SMILES string of the molecule is Cc1c(C(N)=O)nn(-c2ccc(Cl)cc2Cl)c1-c1ccc(C#CCCN)cc1. The van der Waals surface area contributed by atoms with E-state index in [-0.39, 0.29) is 5.69 Å². The Morgan fingerprint density at radius 3 is 2.50 bits per heavy atom. The molecule has 4 N–H and O–H groups in total. The summed E-state index contributed by atoms with van der Waals surface area (Å²) in [7, 11) is 0. The van der Waals surface area contributed by atoms with Crippen molar-refractivity contribution >= 4 is 29.1 Å². The zero-order valence-electron chi connectivity index (χ0n) is 15.2. The van der Waals surface area contributed by atoms with Gasteiger partial charge < -0.3 is 11.5 Å². The normalized spacial score (nSPS) is 10.4. The third-order valence-corrected chi connectivity index (χ3v) is 4.69. The minimum absolute atomic E-state index is 0.188. The third kappa shape index (κ3) is 4.05. The van der Waals surface area contributed by atoms with Crippen LogP contribution in [0.5, 0.6) is 0 Å². The van der Waals surface area contributed by atoms with Crippen molar-refractivity contribution in [1.82, 2.24) is 9.78 Å². The monoisotopic (exact) mass is 412 g/mol. The molecule has 0 saturated carbocycles. The lowest BCUT2D eigenvalue weighted by molar-refractivity contribution is 0.0994. The van der Waals surface area contributed by atoms with E-state index in [1.807, 2.05) is 24.3 Å². The van der Waals surface area contributed by atoms with Crippen molar-refractivity contribution in [2.45, 2.75) is 13.3 Å². The maximum atomic E-state index is 11.9. The van der Waals surface area contributed by atoms with E-state index in [9.17, 15) is 4.79 Å². The van der Waals surface area contributed by atoms with E-state index in [4.69, 9.17) is 34.7 Å². The Morgan fingerprint density at radius 2 is 1.89 bits per heavy atom. The van der Waals surface area contributed by atoms with Crippen LogP contribution in [0.3, 0.4) is 0 Å². The lowest BCUT2D eigenvalue weighted by Crippen LogP contribution is -2.13. The van der Waals surface area contributed by atoms with Crippen LogP contribution in [-0.4, -0.2) is 22.2 Å². The van der Waals surface area contributed by atoms with Crippen LogP contribution in [0.1, 0.15) is 28.0 Å². The molecule has 0 bridgehead atoms. The van der Waals surface area contributed by atoms with Crippen LogP contribution in [0.4, 0.5) is 0 Å². The summed E-state index contributed by atoms with van der Waals surface area (Å²) in [5.41, 5.74) is 14.9. The Morgan fingerprint density at radius 1 is 1.18 bits per heavy atom. The molecule has 0 unspecified atom stereocenters. The summed E-state index contributed by atoms with van der Waals surface area (Å²) in [6, 6.07) is 12.7. The third-order valence-electron chi connectivity index (χ3n) is 4.15. The topological polar surface area (TPSA) is 86.9 Å². The molecule has 0 aliphatic rings. The number of aromatic nitrogens is 2. The summed E-state index contributed by atoms with van der Waals surface area (Å²) in [5, 5.41) is 5.32. The number of amides is 1. The van der Waals surface area contributed by atoms with E-state index in [2.05, 4.69) is 16.9 Å². The van der Waals surface area contributed by atoms with Gasteiger partial charge in [-0.05, 0) is 37.3 Å². The average Bonchev–Trinajstić information content (AvgIpc) is 3.00. The van der Waals surface area contributed by atoms with Crippen LogP contribution in [0.15, 0.2) is 42.5 Å². The molecule has 5 nitrogen and oxygen atoms in total. The molecule has 0 saturated heterocycles. The van der Waals surface area contributed by atoms with Gasteiger partial charge in [-0.3, -0.25) is 4.79 Å². The van der Waals surface area contributed by atoms with Crippen LogP contribution < -0.4 is 11.5 Å².